The number of rotatable bonds is 5. The molecule has 0 fully saturated rings. The second-order valence-electron chi connectivity index (χ2n) is 1.99. The van der Waals surface area contributed by atoms with E-state index >= 15 is 0 Å². The summed E-state index contributed by atoms with van der Waals surface area (Å²) in [5, 5.41) is 0. The highest BCUT2D eigenvalue weighted by molar-refractivity contribution is 5.98. The summed E-state index contributed by atoms with van der Waals surface area (Å²) in [7, 11) is 7.34. The predicted octanol–water partition coefficient (Wildman–Crippen LogP) is 0.0680. The first-order valence-corrected chi connectivity index (χ1v) is 3.55. The van der Waals surface area contributed by atoms with E-state index in [4.69, 9.17) is 18.6 Å². The molecule has 0 rings (SSSR count). The van der Waals surface area contributed by atoms with Crippen molar-refractivity contribution >= 4 is 10.5 Å². The van der Waals surface area contributed by atoms with Gasteiger partial charge in [0.05, 0.1) is 0 Å². The maximum Gasteiger partial charge on any atom is 0.300 e. The molecule has 0 aliphatic carbocycles. The van der Waals surface area contributed by atoms with Gasteiger partial charge >= 0.3 is 0 Å². The minimum atomic E-state index is -1.17. The van der Waals surface area contributed by atoms with Gasteiger partial charge in [-0.1, -0.05) is 0 Å². The van der Waals surface area contributed by atoms with E-state index in [1.54, 1.807) is 14.0 Å². The Bertz CT molecular complexity index is 96.5. The van der Waals surface area contributed by atoms with E-state index in [1.165, 1.54) is 14.2 Å². The molecule has 0 N–H and O–H groups in total. The Morgan fingerprint density at radius 2 is 1.64 bits per heavy atom. The Hall–Kier alpha value is 0.0569. The molecule has 1 unspecified atom stereocenters. The molecule has 5 heteroatoms. The summed E-state index contributed by atoms with van der Waals surface area (Å²) in [6.07, 6.45) is -0.324. The number of ether oxygens (including phenoxy) is 3. The molecule has 11 heavy (non-hydrogen) atoms. The first kappa shape index (κ1) is 11.1. The largest absolute Gasteiger partial charge is 0.373 e. The third-order valence-corrected chi connectivity index (χ3v) is 1.85. The van der Waals surface area contributed by atoms with Gasteiger partial charge in [-0.05, 0) is 6.92 Å². The smallest absolute Gasteiger partial charge is 0.300 e. The fourth-order valence-corrected chi connectivity index (χ4v) is 1.06. The molecular weight excluding hydrogens is 164 g/mol. The van der Waals surface area contributed by atoms with Crippen molar-refractivity contribution in [2.75, 3.05) is 21.3 Å². The fraction of sp³-hybridized carbons (Fsp3) is 1.00. The molecule has 0 saturated carbocycles. The molecule has 0 bridgehead atoms. The standard InChI is InChI=1S/C6H13O4Si/c1-5(7-2)6(8-3,9-4)10-11/h5H,1-4H3. The minimum Gasteiger partial charge on any atom is -0.373 e. The highest BCUT2D eigenvalue weighted by Gasteiger charge is 2.36. The number of hydrogen-bond acceptors (Lipinski definition) is 4. The molecule has 0 heterocycles. The van der Waals surface area contributed by atoms with Gasteiger partial charge in [0.15, 0.2) is 0 Å². The summed E-state index contributed by atoms with van der Waals surface area (Å²) in [6.45, 7) is 1.77. The summed E-state index contributed by atoms with van der Waals surface area (Å²) >= 11 is 0. The third kappa shape index (κ3) is 2.24. The Balaban J connectivity index is 4.26. The lowest BCUT2D eigenvalue weighted by Crippen LogP contribution is -2.47. The SMILES string of the molecule is COC(C)C(OC)(OC)O[Si]. The van der Waals surface area contributed by atoms with Crippen molar-refractivity contribution in [3.63, 3.8) is 0 Å². The van der Waals surface area contributed by atoms with Crippen LogP contribution in [-0.2, 0) is 18.6 Å². The number of methoxy groups -OCH3 is 3. The monoisotopic (exact) mass is 177 g/mol. The highest BCUT2D eigenvalue weighted by atomic mass is 28.2. The summed E-state index contributed by atoms with van der Waals surface area (Å²) in [6, 6.07) is 0. The van der Waals surface area contributed by atoms with E-state index in [1.807, 2.05) is 0 Å². The van der Waals surface area contributed by atoms with E-state index in [0.29, 0.717) is 0 Å². The van der Waals surface area contributed by atoms with Crippen LogP contribution in [0.25, 0.3) is 0 Å². The fourth-order valence-electron chi connectivity index (χ4n) is 0.726. The average Bonchev–Trinajstić information content (AvgIpc) is 2.08. The highest BCUT2D eigenvalue weighted by Crippen LogP contribution is 2.18. The minimum absolute atomic E-state index is 0.324. The van der Waals surface area contributed by atoms with Crippen LogP contribution in [0.15, 0.2) is 0 Å². The Kier molecular flexibility index (Phi) is 4.86. The van der Waals surface area contributed by atoms with Crippen molar-refractivity contribution in [1.82, 2.24) is 0 Å². The van der Waals surface area contributed by atoms with Crippen LogP contribution in [0.3, 0.4) is 0 Å². The summed E-state index contributed by atoms with van der Waals surface area (Å²) in [5.74, 6) is -1.17. The molecule has 0 saturated heterocycles. The van der Waals surface area contributed by atoms with Crippen LogP contribution in [0.1, 0.15) is 6.92 Å². The Morgan fingerprint density at radius 3 is 1.73 bits per heavy atom. The van der Waals surface area contributed by atoms with Crippen LogP contribution in [0.5, 0.6) is 0 Å². The van der Waals surface area contributed by atoms with Gasteiger partial charge in [-0.2, -0.15) is 0 Å². The molecule has 0 amide bonds. The van der Waals surface area contributed by atoms with Crippen LogP contribution < -0.4 is 0 Å². The average molecular weight is 177 g/mol. The molecule has 4 nitrogen and oxygen atoms in total. The number of hydrogen-bond donors (Lipinski definition) is 0. The second kappa shape index (κ2) is 4.84. The quantitative estimate of drug-likeness (QED) is 0.440. The molecule has 0 aliphatic rings. The van der Waals surface area contributed by atoms with E-state index < -0.39 is 5.97 Å². The topological polar surface area (TPSA) is 36.9 Å². The molecule has 0 spiro atoms. The second-order valence-corrected chi connectivity index (χ2v) is 2.20. The lowest BCUT2D eigenvalue weighted by atomic mass is 10.3. The van der Waals surface area contributed by atoms with Crippen LogP contribution in [0.2, 0.25) is 0 Å². The van der Waals surface area contributed by atoms with Gasteiger partial charge in [0.25, 0.3) is 16.5 Å². The van der Waals surface area contributed by atoms with Crippen LogP contribution in [-0.4, -0.2) is 43.9 Å². The Labute approximate surface area is 70.3 Å². The third-order valence-electron chi connectivity index (χ3n) is 1.56. The van der Waals surface area contributed by atoms with Gasteiger partial charge < -0.3 is 18.6 Å². The molecular formula is C6H13O4Si. The molecule has 0 aromatic heterocycles. The maximum atomic E-state index is 4.98. The molecule has 3 radical (unpaired) electrons. The zero-order valence-corrected chi connectivity index (χ0v) is 8.21. The molecule has 65 valence electrons. The first-order chi connectivity index (χ1) is 5.16. The van der Waals surface area contributed by atoms with Crippen LogP contribution >= 0.6 is 0 Å². The Morgan fingerprint density at radius 1 is 1.18 bits per heavy atom. The molecule has 1 atom stereocenters. The van der Waals surface area contributed by atoms with Gasteiger partial charge in [-0.15, -0.1) is 0 Å². The van der Waals surface area contributed by atoms with Crippen molar-refractivity contribution in [2.45, 2.75) is 19.0 Å². The summed E-state index contributed by atoms with van der Waals surface area (Å²) in [5.41, 5.74) is 0. The summed E-state index contributed by atoms with van der Waals surface area (Å²) in [4.78, 5) is 0. The van der Waals surface area contributed by atoms with Gasteiger partial charge in [-0.3, -0.25) is 0 Å². The predicted molar refractivity (Wildman–Crippen MR) is 40.1 cm³/mol. The normalized spacial score (nSPS) is 15.0. The zero-order valence-electron chi connectivity index (χ0n) is 7.21. The van der Waals surface area contributed by atoms with Gasteiger partial charge in [0.2, 0.25) is 0 Å². The van der Waals surface area contributed by atoms with Crippen molar-refractivity contribution in [1.29, 1.82) is 0 Å². The summed E-state index contributed by atoms with van der Waals surface area (Å²) < 4.78 is 19.7. The van der Waals surface area contributed by atoms with Crippen LogP contribution in [0, 0.1) is 0 Å². The van der Waals surface area contributed by atoms with Crippen molar-refractivity contribution in [2.24, 2.45) is 0 Å². The zero-order chi connectivity index (χ0) is 8.91. The molecule has 0 aliphatic heterocycles. The molecule has 0 aromatic carbocycles. The van der Waals surface area contributed by atoms with E-state index in [-0.39, 0.29) is 6.10 Å². The van der Waals surface area contributed by atoms with Crippen molar-refractivity contribution in [3.8, 4) is 0 Å². The van der Waals surface area contributed by atoms with E-state index in [2.05, 4.69) is 10.5 Å². The van der Waals surface area contributed by atoms with E-state index in [0.717, 1.165) is 0 Å². The van der Waals surface area contributed by atoms with E-state index in [9.17, 15) is 0 Å². The first-order valence-electron chi connectivity index (χ1n) is 3.14. The van der Waals surface area contributed by atoms with Crippen LogP contribution in [0.4, 0.5) is 0 Å². The lowest BCUT2D eigenvalue weighted by molar-refractivity contribution is -0.361. The van der Waals surface area contributed by atoms with Gasteiger partial charge in [-0.25, -0.2) is 0 Å². The van der Waals surface area contributed by atoms with Crippen molar-refractivity contribution < 1.29 is 18.6 Å². The maximum absolute atomic E-state index is 4.98. The van der Waals surface area contributed by atoms with Crippen molar-refractivity contribution in [3.05, 3.63) is 0 Å². The molecule has 0 aromatic rings. The van der Waals surface area contributed by atoms with Gasteiger partial charge in [0, 0.05) is 21.3 Å². The lowest BCUT2D eigenvalue weighted by Gasteiger charge is -2.33. The van der Waals surface area contributed by atoms with Gasteiger partial charge in [0.1, 0.15) is 6.10 Å².